The number of hydrogen-bond acceptors (Lipinski definition) is 3. The molecule has 1 aliphatic heterocycles. The number of nitrogens with one attached hydrogen (secondary N) is 1. The lowest BCUT2D eigenvalue weighted by atomic mass is 9.81. The molecule has 2 N–H and O–H groups in total. The maximum atomic E-state index is 12.3. The number of aromatic hydroxyl groups is 1. The molecule has 1 saturated heterocycles. The lowest BCUT2D eigenvalue weighted by Crippen LogP contribution is -2.42. The molecule has 1 aromatic carbocycles. The molecule has 1 fully saturated rings. The predicted octanol–water partition coefficient (Wildman–Crippen LogP) is 2.98. The summed E-state index contributed by atoms with van der Waals surface area (Å²) >= 11 is 0. The monoisotopic (exact) mass is 320 g/mol. The van der Waals surface area contributed by atoms with Gasteiger partial charge in [-0.25, -0.2) is 4.79 Å². The van der Waals surface area contributed by atoms with E-state index in [-0.39, 0.29) is 23.3 Å². The highest BCUT2D eigenvalue weighted by Gasteiger charge is 2.37. The Kier molecular flexibility index (Phi) is 5.52. The van der Waals surface area contributed by atoms with Gasteiger partial charge in [-0.15, -0.1) is 0 Å². The number of carbonyl (C=O) groups excluding carboxylic acids is 1. The minimum atomic E-state index is -0.0855. The molecule has 0 aromatic heterocycles. The second-order valence-corrected chi connectivity index (χ2v) is 7.41. The number of phenols is 1. The van der Waals surface area contributed by atoms with Gasteiger partial charge in [0.1, 0.15) is 5.75 Å². The molecule has 0 saturated carbocycles. The molecule has 1 aliphatic rings. The van der Waals surface area contributed by atoms with Gasteiger partial charge in [0.25, 0.3) is 0 Å². The molecule has 128 valence electrons. The van der Waals surface area contributed by atoms with Gasteiger partial charge in [-0.05, 0) is 29.5 Å². The largest absolute Gasteiger partial charge is 0.508 e. The molecule has 0 aliphatic carbocycles. The molecule has 5 heteroatoms. The van der Waals surface area contributed by atoms with Crippen LogP contribution in [0.5, 0.6) is 5.75 Å². The van der Waals surface area contributed by atoms with Crippen molar-refractivity contribution in [2.45, 2.75) is 39.8 Å². The Morgan fingerprint density at radius 2 is 2.00 bits per heavy atom. The number of phenolic OH excluding ortho intramolecular Hbond substituents is 1. The fourth-order valence-electron chi connectivity index (χ4n) is 3.10. The molecule has 0 unspecified atom stereocenters. The van der Waals surface area contributed by atoms with Crippen molar-refractivity contribution < 1.29 is 14.6 Å². The maximum Gasteiger partial charge on any atom is 0.317 e. The summed E-state index contributed by atoms with van der Waals surface area (Å²) in [6, 6.07) is 6.81. The van der Waals surface area contributed by atoms with Crippen LogP contribution in [-0.4, -0.2) is 42.3 Å². The first kappa shape index (κ1) is 17.6. The van der Waals surface area contributed by atoms with Crippen molar-refractivity contribution in [1.82, 2.24) is 10.2 Å². The van der Waals surface area contributed by atoms with Crippen LogP contribution in [-0.2, 0) is 11.3 Å². The van der Waals surface area contributed by atoms with Gasteiger partial charge in [0.2, 0.25) is 0 Å². The fraction of sp³-hybridized carbons (Fsp3) is 0.611. The summed E-state index contributed by atoms with van der Waals surface area (Å²) in [6.07, 6.45) is 1.18. The molecular weight excluding hydrogens is 292 g/mol. The molecule has 0 radical (unpaired) electrons. The van der Waals surface area contributed by atoms with Crippen LogP contribution in [0, 0.1) is 11.3 Å². The highest BCUT2D eigenvalue weighted by atomic mass is 16.5. The number of benzene rings is 1. The Balaban J connectivity index is 1.83. The summed E-state index contributed by atoms with van der Waals surface area (Å²) in [5.74, 6) is 0.594. The van der Waals surface area contributed by atoms with Gasteiger partial charge < -0.3 is 20.1 Å². The van der Waals surface area contributed by atoms with E-state index in [0.29, 0.717) is 19.0 Å². The van der Waals surface area contributed by atoms with E-state index in [0.717, 1.165) is 18.6 Å². The van der Waals surface area contributed by atoms with Gasteiger partial charge in [-0.1, -0.05) is 32.9 Å². The van der Waals surface area contributed by atoms with Crippen molar-refractivity contribution >= 4 is 6.03 Å². The Labute approximate surface area is 138 Å². The van der Waals surface area contributed by atoms with Crippen LogP contribution < -0.4 is 5.32 Å². The van der Waals surface area contributed by atoms with E-state index in [4.69, 9.17) is 4.74 Å². The molecule has 1 heterocycles. The first-order valence-corrected chi connectivity index (χ1v) is 8.16. The topological polar surface area (TPSA) is 61.8 Å². The summed E-state index contributed by atoms with van der Waals surface area (Å²) in [7, 11) is 1.77. The van der Waals surface area contributed by atoms with Crippen molar-refractivity contribution in [1.29, 1.82) is 0 Å². The van der Waals surface area contributed by atoms with Crippen molar-refractivity contribution in [3.8, 4) is 5.75 Å². The zero-order valence-corrected chi connectivity index (χ0v) is 14.5. The van der Waals surface area contributed by atoms with Crippen LogP contribution in [0.1, 0.15) is 32.8 Å². The van der Waals surface area contributed by atoms with Crippen LogP contribution in [0.2, 0.25) is 0 Å². The second-order valence-electron chi connectivity index (χ2n) is 7.41. The highest BCUT2D eigenvalue weighted by Crippen LogP contribution is 2.34. The first-order chi connectivity index (χ1) is 10.8. The summed E-state index contributed by atoms with van der Waals surface area (Å²) in [4.78, 5) is 13.9. The Morgan fingerprint density at radius 1 is 1.35 bits per heavy atom. The van der Waals surface area contributed by atoms with Crippen molar-refractivity contribution in [3.63, 3.8) is 0 Å². The predicted molar refractivity (Wildman–Crippen MR) is 90.3 cm³/mol. The molecule has 5 nitrogen and oxygen atoms in total. The van der Waals surface area contributed by atoms with E-state index in [1.54, 1.807) is 24.1 Å². The number of ether oxygens (including phenoxy) is 1. The van der Waals surface area contributed by atoms with E-state index in [2.05, 4.69) is 26.1 Å². The van der Waals surface area contributed by atoms with Crippen LogP contribution in [0.4, 0.5) is 4.79 Å². The quantitative estimate of drug-likeness (QED) is 0.896. The fourth-order valence-corrected chi connectivity index (χ4v) is 3.10. The third-order valence-electron chi connectivity index (χ3n) is 4.29. The maximum absolute atomic E-state index is 12.3. The SMILES string of the molecule is CN(Cc1ccc(O)cc1)C(=O)NC[C@H]1CCO[C@@H]1C(C)(C)C. The lowest BCUT2D eigenvalue weighted by molar-refractivity contribution is 0.00758. The smallest absolute Gasteiger partial charge is 0.317 e. The molecule has 23 heavy (non-hydrogen) atoms. The Morgan fingerprint density at radius 3 is 2.61 bits per heavy atom. The number of amides is 2. The minimum Gasteiger partial charge on any atom is -0.508 e. The van der Waals surface area contributed by atoms with Gasteiger partial charge in [-0.3, -0.25) is 0 Å². The van der Waals surface area contributed by atoms with Gasteiger partial charge in [0.05, 0.1) is 6.10 Å². The number of nitrogens with zero attached hydrogens (tertiary/aromatic N) is 1. The second kappa shape index (κ2) is 7.21. The van der Waals surface area contributed by atoms with Crippen LogP contribution in [0.3, 0.4) is 0 Å². The summed E-state index contributed by atoms with van der Waals surface area (Å²) in [5.41, 5.74) is 1.07. The molecule has 2 amide bonds. The van der Waals surface area contributed by atoms with Gasteiger partial charge in [0, 0.05) is 32.7 Å². The highest BCUT2D eigenvalue weighted by molar-refractivity contribution is 5.73. The Bertz CT molecular complexity index is 522. The van der Waals surface area contributed by atoms with Gasteiger partial charge in [0.15, 0.2) is 0 Å². The first-order valence-electron chi connectivity index (χ1n) is 8.16. The molecule has 0 spiro atoms. The average Bonchev–Trinajstić information content (AvgIpc) is 2.95. The number of rotatable bonds is 4. The molecule has 0 bridgehead atoms. The van der Waals surface area contributed by atoms with Crippen LogP contribution >= 0.6 is 0 Å². The minimum absolute atomic E-state index is 0.0855. The third-order valence-corrected chi connectivity index (χ3v) is 4.29. The zero-order valence-electron chi connectivity index (χ0n) is 14.5. The van der Waals surface area contributed by atoms with E-state index in [1.165, 1.54) is 0 Å². The Hall–Kier alpha value is -1.75. The third kappa shape index (κ3) is 4.86. The zero-order chi connectivity index (χ0) is 17.0. The molecule has 2 atom stereocenters. The van der Waals surface area contributed by atoms with Gasteiger partial charge in [-0.2, -0.15) is 0 Å². The van der Waals surface area contributed by atoms with E-state index in [1.807, 2.05) is 12.1 Å². The number of hydrogen-bond donors (Lipinski definition) is 2. The molecule has 2 rings (SSSR count). The van der Waals surface area contributed by atoms with Crippen LogP contribution in [0.15, 0.2) is 24.3 Å². The lowest BCUT2D eigenvalue weighted by Gasteiger charge is -2.31. The van der Waals surface area contributed by atoms with Crippen molar-refractivity contribution in [2.75, 3.05) is 20.2 Å². The summed E-state index contributed by atoms with van der Waals surface area (Å²) in [6.45, 7) is 8.45. The van der Waals surface area contributed by atoms with Gasteiger partial charge >= 0.3 is 6.03 Å². The molecular formula is C18H28N2O3. The van der Waals surface area contributed by atoms with Crippen molar-refractivity contribution in [2.24, 2.45) is 11.3 Å². The summed E-state index contributed by atoms with van der Waals surface area (Å²) in [5, 5.41) is 12.3. The van der Waals surface area contributed by atoms with Crippen LogP contribution in [0.25, 0.3) is 0 Å². The molecule has 1 aromatic rings. The number of urea groups is 1. The summed E-state index contributed by atoms with van der Waals surface area (Å²) < 4.78 is 5.84. The normalized spacial score (nSPS) is 21.2. The average molecular weight is 320 g/mol. The van der Waals surface area contributed by atoms with E-state index < -0.39 is 0 Å². The van der Waals surface area contributed by atoms with E-state index in [9.17, 15) is 9.90 Å². The number of carbonyl (C=O) groups is 1. The van der Waals surface area contributed by atoms with Crippen molar-refractivity contribution in [3.05, 3.63) is 29.8 Å². The van der Waals surface area contributed by atoms with E-state index >= 15 is 0 Å². The standard InChI is InChI=1S/C18H28N2O3/c1-18(2,3)16-14(9-10-23-16)11-19-17(22)20(4)12-13-5-7-15(21)8-6-13/h5-8,14,16,21H,9-12H2,1-4H3,(H,19,22)/t14-,16+/m1/s1.